The van der Waals surface area contributed by atoms with Crippen molar-refractivity contribution in [1.82, 2.24) is 14.8 Å². The molecule has 1 aromatic heterocycles. The van der Waals surface area contributed by atoms with Gasteiger partial charge in [0.15, 0.2) is 5.82 Å². The maximum absolute atomic E-state index is 4.89. The van der Waals surface area contributed by atoms with Gasteiger partial charge in [0, 0.05) is 16.0 Å². The first kappa shape index (κ1) is 12.6. The van der Waals surface area contributed by atoms with Gasteiger partial charge in [-0.3, -0.25) is 0 Å². The first-order valence-electron chi connectivity index (χ1n) is 7.38. The van der Waals surface area contributed by atoms with Gasteiger partial charge >= 0.3 is 0 Å². The third-order valence-corrected chi connectivity index (χ3v) is 5.48. The Morgan fingerprint density at radius 2 is 1.85 bits per heavy atom. The number of rotatable bonds is 3. The number of aromatic nitrogens is 3. The summed E-state index contributed by atoms with van der Waals surface area (Å²) >= 11 is 3.61. The van der Waals surface area contributed by atoms with Crippen LogP contribution in [0.15, 0.2) is 28.7 Å². The van der Waals surface area contributed by atoms with E-state index in [0.717, 1.165) is 27.7 Å². The van der Waals surface area contributed by atoms with E-state index >= 15 is 0 Å². The Balaban J connectivity index is 1.79. The molecular weight excluding hydrogens is 314 g/mol. The van der Waals surface area contributed by atoms with Crippen molar-refractivity contribution in [2.24, 2.45) is 11.8 Å². The fraction of sp³-hybridized carbons (Fsp3) is 0.500. The van der Waals surface area contributed by atoms with Crippen molar-refractivity contribution in [3.05, 3.63) is 34.6 Å². The second-order valence-corrected chi connectivity index (χ2v) is 7.05. The maximum Gasteiger partial charge on any atom is 0.182 e. The summed E-state index contributed by atoms with van der Waals surface area (Å²) in [5, 5.41) is 4.81. The first-order valence-corrected chi connectivity index (χ1v) is 8.17. The van der Waals surface area contributed by atoms with Crippen molar-refractivity contribution in [3.63, 3.8) is 0 Å². The topological polar surface area (TPSA) is 30.7 Å². The highest BCUT2D eigenvalue weighted by atomic mass is 79.9. The van der Waals surface area contributed by atoms with Crippen molar-refractivity contribution < 1.29 is 0 Å². The molecule has 0 bridgehead atoms. The highest BCUT2D eigenvalue weighted by Crippen LogP contribution is 2.54. The molecule has 2 fully saturated rings. The zero-order chi connectivity index (χ0) is 13.9. The number of hydrogen-bond acceptors (Lipinski definition) is 2. The molecule has 0 saturated heterocycles. The minimum atomic E-state index is 0.591. The predicted octanol–water partition coefficient (Wildman–Crippen LogP) is 4.41. The van der Waals surface area contributed by atoms with Crippen LogP contribution in [0.25, 0.3) is 11.4 Å². The van der Waals surface area contributed by atoms with Crippen molar-refractivity contribution in [3.8, 4) is 11.4 Å². The summed E-state index contributed by atoms with van der Waals surface area (Å²) in [5.41, 5.74) is 1.09. The number of nitrogens with zero attached hydrogens (tertiary/aromatic N) is 3. The van der Waals surface area contributed by atoms with Gasteiger partial charge in [-0.2, -0.15) is 5.10 Å². The predicted molar refractivity (Wildman–Crippen MR) is 82.5 cm³/mol. The molecule has 0 unspecified atom stereocenters. The molecule has 4 heteroatoms. The van der Waals surface area contributed by atoms with Crippen molar-refractivity contribution >= 4 is 15.9 Å². The molecule has 1 heterocycles. The molecular formula is C16H18BrN3. The summed E-state index contributed by atoms with van der Waals surface area (Å²) in [5.74, 6) is 4.15. The average Bonchev–Trinajstić information content (AvgIpc) is 3.33. The first-order chi connectivity index (χ1) is 9.66. The largest absolute Gasteiger partial charge is 0.246 e. The van der Waals surface area contributed by atoms with Gasteiger partial charge in [0.1, 0.15) is 5.82 Å². The van der Waals surface area contributed by atoms with E-state index in [1.807, 2.05) is 12.1 Å². The summed E-state index contributed by atoms with van der Waals surface area (Å²) in [7, 11) is 0. The zero-order valence-corrected chi connectivity index (χ0v) is 13.3. The van der Waals surface area contributed by atoms with Crippen LogP contribution >= 0.6 is 15.9 Å². The fourth-order valence-electron chi connectivity index (χ4n) is 3.04. The highest BCUT2D eigenvalue weighted by molar-refractivity contribution is 9.10. The van der Waals surface area contributed by atoms with Gasteiger partial charge < -0.3 is 0 Å². The summed E-state index contributed by atoms with van der Waals surface area (Å²) in [6.45, 7) is 4.64. The Kier molecular flexibility index (Phi) is 2.78. The maximum atomic E-state index is 4.89. The smallest absolute Gasteiger partial charge is 0.182 e. The summed E-state index contributed by atoms with van der Waals surface area (Å²) in [6.07, 6.45) is 2.50. The zero-order valence-electron chi connectivity index (χ0n) is 11.8. The van der Waals surface area contributed by atoms with Gasteiger partial charge in [0.25, 0.3) is 0 Å². The molecule has 2 atom stereocenters. The van der Waals surface area contributed by atoms with Crippen LogP contribution in [0.5, 0.6) is 0 Å². The summed E-state index contributed by atoms with van der Waals surface area (Å²) < 4.78 is 3.27. The van der Waals surface area contributed by atoms with Crippen LogP contribution in [0, 0.1) is 11.8 Å². The second kappa shape index (κ2) is 4.42. The van der Waals surface area contributed by atoms with Crippen LogP contribution in [0.1, 0.15) is 44.5 Å². The Bertz CT molecular complexity index is 651. The lowest BCUT2D eigenvalue weighted by atomic mass is 10.2. The van der Waals surface area contributed by atoms with E-state index in [1.54, 1.807) is 0 Å². The van der Waals surface area contributed by atoms with Crippen LogP contribution in [0.3, 0.4) is 0 Å². The highest BCUT2D eigenvalue weighted by Gasteiger charge is 2.48. The minimum absolute atomic E-state index is 0.591. The van der Waals surface area contributed by atoms with E-state index in [4.69, 9.17) is 10.1 Å². The third kappa shape index (κ3) is 1.93. The molecule has 0 amide bonds. The molecule has 0 aliphatic heterocycles. The SMILES string of the molecule is C[C@H]1C(c2nc(-c3ccccc3Br)nn2C2CC2)[C@@H]1C. The molecule has 2 saturated carbocycles. The lowest BCUT2D eigenvalue weighted by Crippen LogP contribution is -2.03. The van der Waals surface area contributed by atoms with Gasteiger partial charge in [-0.15, -0.1) is 0 Å². The number of benzene rings is 1. The minimum Gasteiger partial charge on any atom is -0.246 e. The Morgan fingerprint density at radius 3 is 2.45 bits per heavy atom. The van der Waals surface area contributed by atoms with E-state index in [2.05, 4.69) is 46.6 Å². The van der Waals surface area contributed by atoms with E-state index < -0.39 is 0 Å². The van der Waals surface area contributed by atoms with E-state index in [1.165, 1.54) is 18.7 Å². The fourth-order valence-corrected chi connectivity index (χ4v) is 3.50. The van der Waals surface area contributed by atoms with Crippen molar-refractivity contribution in [1.29, 1.82) is 0 Å². The van der Waals surface area contributed by atoms with Gasteiger partial charge in [0.2, 0.25) is 0 Å². The molecule has 4 rings (SSSR count). The van der Waals surface area contributed by atoms with Crippen LogP contribution in [-0.2, 0) is 0 Å². The normalized spacial score (nSPS) is 28.6. The van der Waals surface area contributed by atoms with Gasteiger partial charge in [0.05, 0.1) is 6.04 Å². The summed E-state index contributed by atoms with van der Waals surface area (Å²) in [4.78, 5) is 4.89. The Labute approximate surface area is 127 Å². The molecule has 2 aromatic rings. The van der Waals surface area contributed by atoms with Crippen LogP contribution in [-0.4, -0.2) is 14.8 Å². The monoisotopic (exact) mass is 331 g/mol. The molecule has 2 aliphatic rings. The van der Waals surface area contributed by atoms with Gasteiger partial charge in [-0.05, 0) is 36.8 Å². The lowest BCUT2D eigenvalue weighted by Gasteiger charge is -2.01. The average molecular weight is 332 g/mol. The molecule has 104 valence electrons. The lowest BCUT2D eigenvalue weighted by molar-refractivity contribution is 0.591. The van der Waals surface area contributed by atoms with Gasteiger partial charge in [-0.1, -0.05) is 41.9 Å². The van der Waals surface area contributed by atoms with Crippen LogP contribution in [0.4, 0.5) is 0 Å². The molecule has 0 radical (unpaired) electrons. The van der Waals surface area contributed by atoms with Crippen LogP contribution in [0.2, 0.25) is 0 Å². The van der Waals surface area contributed by atoms with E-state index in [-0.39, 0.29) is 0 Å². The van der Waals surface area contributed by atoms with E-state index in [9.17, 15) is 0 Å². The molecule has 20 heavy (non-hydrogen) atoms. The van der Waals surface area contributed by atoms with Crippen LogP contribution < -0.4 is 0 Å². The summed E-state index contributed by atoms with van der Waals surface area (Å²) in [6, 6.07) is 8.79. The molecule has 1 aromatic carbocycles. The number of halogens is 1. The molecule has 0 N–H and O–H groups in total. The van der Waals surface area contributed by atoms with E-state index in [0.29, 0.717) is 12.0 Å². The third-order valence-electron chi connectivity index (χ3n) is 4.78. The van der Waals surface area contributed by atoms with Crippen molar-refractivity contribution in [2.45, 2.75) is 38.6 Å². The Hall–Kier alpha value is -1.16. The van der Waals surface area contributed by atoms with Crippen molar-refractivity contribution in [2.75, 3.05) is 0 Å². The van der Waals surface area contributed by atoms with Gasteiger partial charge in [-0.25, -0.2) is 9.67 Å². The molecule has 3 nitrogen and oxygen atoms in total. The molecule has 2 aliphatic carbocycles. The number of hydrogen-bond donors (Lipinski definition) is 0. The second-order valence-electron chi connectivity index (χ2n) is 6.19. The molecule has 0 spiro atoms. The quantitative estimate of drug-likeness (QED) is 0.833. The Morgan fingerprint density at radius 1 is 1.15 bits per heavy atom. The standard InChI is InChI=1S/C16H18BrN3/c1-9-10(2)14(9)16-18-15(19-20(16)11-7-8-11)12-5-3-4-6-13(12)17/h3-6,9-11,14H,7-8H2,1-2H3/t9-,10-/m1/s1.